The van der Waals surface area contributed by atoms with E-state index in [2.05, 4.69) is 10.2 Å². The van der Waals surface area contributed by atoms with Gasteiger partial charge in [-0.25, -0.2) is 0 Å². The van der Waals surface area contributed by atoms with Crippen molar-refractivity contribution >= 4 is 17.5 Å². The first kappa shape index (κ1) is 22.8. The van der Waals surface area contributed by atoms with Crippen LogP contribution in [0.1, 0.15) is 35.7 Å². The van der Waals surface area contributed by atoms with E-state index in [9.17, 15) is 9.59 Å². The molecule has 0 saturated carbocycles. The number of carbonyl (C=O) groups is 2. The zero-order chi connectivity index (χ0) is 22.1. The van der Waals surface area contributed by atoms with Crippen molar-refractivity contribution < 1.29 is 19.1 Å². The van der Waals surface area contributed by atoms with Crippen molar-refractivity contribution in [2.75, 3.05) is 38.2 Å². The number of para-hydroxylation sites is 1. The Morgan fingerprint density at radius 1 is 1.10 bits per heavy atom. The first-order valence-corrected chi connectivity index (χ1v) is 10.8. The highest BCUT2D eigenvalue weighted by atomic mass is 16.5. The molecule has 0 unspecified atom stereocenters. The number of anilines is 1. The van der Waals surface area contributed by atoms with E-state index in [0.717, 1.165) is 43.7 Å². The molecule has 2 amide bonds. The third-order valence-electron chi connectivity index (χ3n) is 5.40. The molecule has 166 valence electrons. The summed E-state index contributed by atoms with van der Waals surface area (Å²) >= 11 is 0. The second-order valence-corrected chi connectivity index (χ2v) is 7.65. The van der Waals surface area contributed by atoms with Gasteiger partial charge in [0.05, 0.1) is 12.2 Å². The summed E-state index contributed by atoms with van der Waals surface area (Å²) in [5.74, 6) is 0.101. The fourth-order valence-corrected chi connectivity index (χ4v) is 3.71. The molecule has 1 saturated heterocycles. The van der Waals surface area contributed by atoms with Crippen LogP contribution >= 0.6 is 0 Å². The maximum atomic E-state index is 12.8. The summed E-state index contributed by atoms with van der Waals surface area (Å²) in [6, 6.07) is 15.0. The number of ether oxygens (including phenoxy) is 2. The number of benzene rings is 2. The summed E-state index contributed by atoms with van der Waals surface area (Å²) in [6.45, 7) is 5.88. The topological polar surface area (TPSA) is 93.9 Å². The summed E-state index contributed by atoms with van der Waals surface area (Å²) in [4.78, 5) is 26.5. The van der Waals surface area contributed by atoms with Gasteiger partial charge in [0.2, 0.25) is 5.91 Å². The number of hydrogen-bond acceptors (Lipinski definition) is 5. The molecule has 7 nitrogen and oxygen atoms in total. The Bertz CT molecular complexity index is 879. The van der Waals surface area contributed by atoms with Gasteiger partial charge in [-0.1, -0.05) is 24.3 Å². The average molecular weight is 426 g/mol. The lowest BCUT2D eigenvalue weighted by atomic mass is 9.96. The van der Waals surface area contributed by atoms with Crippen molar-refractivity contribution in [2.45, 2.75) is 26.3 Å². The zero-order valence-corrected chi connectivity index (χ0v) is 18.0. The summed E-state index contributed by atoms with van der Waals surface area (Å²) in [5.41, 5.74) is 7.74. The highest BCUT2D eigenvalue weighted by Crippen LogP contribution is 2.22. The van der Waals surface area contributed by atoms with Gasteiger partial charge in [0.1, 0.15) is 12.4 Å². The highest BCUT2D eigenvalue weighted by Gasteiger charge is 2.23. The normalized spacial score (nSPS) is 14.9. The number of carbonyl (C=O) groups excluding carboxylic acids is 2. The monoisotopic (exact) mass is 425 g/mol. The van der Waals surface area contributed by atoms with Crippen LogP contribution in [0.15, 0.2) is 48.5 Å². The Kier molecular flexibility index (Phi) is 8.44. The van der Waals surface area contributed by atoms with Crippen LogP contribution in [0.4, 0.5) is 5.69 Å². The molecule has 7 heteroatoms. The minimum atomic E-state index is -0.216. The number of primary amides is 1. The molecule has 3 N–H and O–H groups in total. The SMILES string of the molecule is CCOCCOc1ccccc1C(=O)Nc1cccc(CN2CCC(C(N)=O)CC2)c1. The van der Waals surface area contributed by atoms with E-state index in [4.69, 9.17) is 15.2 Å². The third-order valence-corrected chi connectivity index (χ3v) is 5.40. The number of rotatable bonds is 10. The standard InChI is InChI=1S/C24H31N3O4/c1-2-30-14-15-31-22-9-4-3-8-21(22)24(29)26-20-7-5-6-18(16-20)17-27-12-10-19(11-13-27)23(25)28/h3-9,16,19H,2,10-15,17H2,1H3,(H2,25,28)(H,26,29). The molecule has 1 heterocycles. The van der Waals surface area contributed by atoms with Crippen LogP contribution in [-0.2, 0) is 16.1 Å². The van der Waals surface area contributed by atoms with E-state index in [0.29, 0.717) is 31.1 Å². The number of nitrogens with one attached hydrogen (secondary N) is 1. The molecule has 3 rings (SSSR count). The largest absolute Gasteiger partial charge is 0.490 e. The summed E-state index contributed by atoms with van der Waals surface area (Å²) in [6.07, 6.45) is 1.59. The Morgan fingerprint density at radius 3 is 2.61 bits per heavy atom. The van der Waals surface area contributed by atoms with Gasteiger partial charge < -0.3 is 20.5 Å². The van der Waals surface area contributed by atoms with Crippen LogP contribution in [0.3, 0.4) is 0 Å². The Morgan fingerprint density at radius 2 is 1.87 bits per heavy atom. The lowest BCUT2D eigenvalue weighted by molar-refractivity contribution is -0.123. The molecule has 2 aromatic rings. The quantitative estimate of drug-likeness (QED) is 0.571. The molecule has 0 aromatic heterocycles. The molecule has 1 aliphatic heterocycles. The minimum Gasteiger partial charge on any atom is -0.490 e. The van der Waals surface area contributed by atoms with E-state index in [1.807, 2.05) is 43.3 Å². The number of amides is 2. The van der Waals surface area contributed by atoms with Gasteiger partial charge in [-0.15, -0.1) is 0 Å². The van der Waals surface area contributed by atoms with Crippen LogP contribution < -0.4 is 15.8 Å². The van der Waals surface area contributed by atoms with Gasteiger partial charge in [0.15, 0.2) is 0 Å². The predicted molar refractivity (Wildman–Crippen MR) is 120 cm³/mol. The molecule has 0 atom stereocenters. The van der Waals surface area contributed by atoms with Crippen LogP contribution in [0.5, 0.6) is 5.75 Å². The van der Waals surface area contributed by atoms with Gasteiger partial charge in [-0.05, 0) is 62.7 Å². The fraction of sp³-hybridized carbons (Fsp3) is 0.417. The van der Waals surface area contributed by atoms with E-state index in [1.165, 1.54) is 0 Å². The molecule has 2 aromatic carbocycles. The minimum absolute atomic E-state index is 0.0160. The fourth-order valence-electron chi connectivity index (χ4n) is 3.71. The lowest BCUT2D eigenvalue weighted by Gasteiger charge is -2.30. The van der Waals surface area contributed by atoms with Crippen molar-refractivity contribution in [2.24, 2.45) is 11.7 Å². The van der Waals surface area contributed by atoms with Crippen molar-refractivity contribution in [3.8, 4) is 5.75 Å². The smallest absolute Gasteiger partial charge is 0.259 e. The number of nitrogens with zero attached hydrogens (tertiary/aromatic N) is 1. The first-order chi connectivity index (χ1) is 15.1. The predicted octanol–water partition coefficient (Wildman–Crippen LogP) is 3.05. The highest BCUT2D eigenvalue weighted by molar-refractivity contribution is 6.06. The van der Waals surface area contributed by atoms with Crippen LogP contribution in [0, 0.1) is 5.92 Å². The molecule has 0 bridgehead atoms. The third kappa shape index (κ3) is 6.80. The molecule has 1 fully saturated rings. The zero-order valence-electron chi connectivity index (χ0n) is 18.0. The molecule has 31 heavy (non-hydrogen) atoms. The number of piperidine rings is 1. The maximum absolute atomic E-state index is 12.8. The van der Waals surface area contributed by atoms with Crippen molar-refractivity contribution in [3.05, 3.63) is 59.7 Å². The van der Waals surface area contributed by atoms with Crippen molar-refractivity contribution in [3.63, 3.8) is 0 Å². The average Bonchev–Trinajstić information content (AvgIpc) is 2.77. The van der Waals surface area contributed by atoms with Gasteiger partial charge in [-0.2, -0.15) is 0 Å². The summed E-state index contributed by atoms with van der Waals surface area (Å²) in [7, 11) is 0. The number of nitrogens with two attached hydrogens (primary N) is 1. The molecule has 1 aliphatic rings. The van der Waals surface area contributed by atoms with Crippen molar-refractivity contribution in [1.82, 2.24) is 4.90 Å². The first-order valence-electron chi connectivity index (χ1n) is 10.8. The van der Waals surface area contributed by atoms with E-state index in [-0.39, 0.29) is 17.7 Å². The van der Waals surface area contributed by atoms with Gasteiger partial charge in [-0.3, -0.25) is 14.5 Å². The Labute approximate surface area is 183 Å². The molecule has 0 spiro atoms. The van der Waals surface area contributed by atoms with E-state index < -0.39 is 0 Å². The molecule has 0 radical (unpaired) electrons. The second kappa shape index (κ2) is 11.5. The molecule has 0 aliphatic carbocycles. The summed E-state index contributed by atoms with van der Waals surface area (Å²) < 4.78 is 11.0. The Hall–Kier alpha value is -2.90. The van der Waals surface area contributed by atoms with Crippen LogP contribution in [0.2, 0.25) is 0 Å². The van der Waals surface area contributed by atoms with Gasteiger partial charge in [0, 0.05) is 24.8 Å². The van der Waals surface area contributed by atoms with E-state index >= 15 is 0 Å². The molecular formula is C24H31N3O4. The Balaban J connectivity index is 1.58. The number of likely N-dealkylation sites (tertiary alicyclic amines) is 1. The van der Waals surface area contributed by atoms with E-state index in [1.54, 1.807) is 12.1 Å². The van der Waals surface area contributed by atoms with Gasteiger partial charge in [0.25, 0.3) is 5.91 Å². The second-order valence-electron chi connectivity index (χ2n) is 7.65. The summed E-state index contributed by atoms with van der Waals surface area (Å²) in [5, 5.41) is 2.97. The molecular weight excluding hydrogens is 394 g/mol. The van der Waals surface area contributed by atoms with Crippen LogP contribution in [0.25, 0.3) is 0 Å². The van der Waals surface area contributed by atoms with Gasteiger partial charge >= 0.3 is 0 Å². The van der Waals surface area contributed by atoms with Crippen molar-refractivity contribution in [1.29, 1.82) is 0 Å². The number of hydrogen-bond donors (Lipinski definition) is 2. The maximum Gasteiger partial charge on any atom is 0.259 e. The lowest BCUT2D eigenvalue weighted by Crippen LogP contribution is -2.38. The van der Waals surface area contributed by atoms with Crippen LogP contribution in [-0.4, -0.2) is 49.6 Å².